The van der Waals surface area contributed by atoms with Crippen LogP contribution in [0.3, 0.4) is 0 Å². The molecule has 3 heteroatoms. The van der Waals surface area contributed by atoms with E-state index in [9.17, 15) is 5.11 Å². The number of nitrogens with one attached hydrogen (secondary N) is 1. The van der Waals surface area contributed by atoms with E-state index in [2.05, 4.69) is 5.32 Å². The first-order valence-corrected chi connectivity index (χ1v) is 4.85. The highest BCUT2D eigenvalue weighted by Crippen LogP contribution is 2.34. The van der Waals surface area contributed by atoms with Crippen molar-refractivity contribution >= 4 is 0 Å². The second-order valence-electron chi connectivity index (χ2n) is 3.62. The summed E-state index contributed by atoms with van der Waals surface area (Å²) in [6.07, 6.45) is -0.655. The van der Waals surface area contributed by atoms with Crippen LogP contribution in [0.25, 0.3) is 0 Å². The zero-order chi connectivity index (χ0) is 10.1. The number of fused-ring (bicyclic) bond motifs is 1. The van der Waals surface area contributed by atoms with Crippen LogP contribution in [0.15, 0.2) is 24.3 Å². The van der Waals surface area contributed by atoms with Crippen LogP contribution in [-0.2, 0) is 0 Å². The Hall–Kier alpha value is -1.06. The van der Waals surface area contributed by atoms with Crippen LogP contribution in [0, 0.1) is 0 Å². The second-order valence-corrected chi connectivity index (χ2v) is 3.62. The summed E-state index contributed by atoms with van der Waals surface area (Å²) in [4.78, 5) is 0. The molecule has 1 aromatic carbocycles. The van der Waals surface area contributed by atoms with Crippen molar-refractivity contribution in [2.45, 2.75) is 25.2 Å². The van der Waals surface area contributed by atoms with Gasteiger partial charge < -0.3 is 15.2 Å². The first kappa shape index (κ1) is 9.49. The third kappa shape index (κ3) is 1.38. The summed E-state index contributed by atoms with van der Waals surface area (Å²) in [5.74, 6) is 0.865. The number of rotatable bonds is 1. The zero-order valence-electron chi connectivity index (χ0n) is 8.40. The van der Waals surface area contributed by atoms with E-state index in [1.165, 1.54) is 0 Å². The predicted octanol–water partition coefficient (Wildman–Crippen LogP) is 1.09. The fourth-order valence-corrected chi connectivity index (χ4v) is 1.90. The number of hydrogen-bond donors (Lipinski definition) is 2. The Labute approximate surface area is 83.7 Å². The molecule has 0 amide bonds. The van der Waals surface area contributed by atoms with E-state index in [1.807, 2.05) is 38.2 Å². The monoisotopic (exact) mass is 193 g/mol. The summed E-state index contributed by atoms with van der Waals surface area (Å²) in [6, 6.07) is 7.77. The quantitative estimate of drug-likeness (QED) is 0.701. The van der Waals surface area contributed by atoms with Crippen LogP contribution in [0.5, 0.6) is 5.75 Å². The molecule has 14 heavy (non-hydrogen) atoms. The number of hydrogen-bond acceptors (Lipinski definition) is 3. The highest BCUT2D eigenvalue weighted by molar-refractivity contribution is 5.38. The van der Waals surface area contributed by atoms with E-state index in [4.69, 9.17) is 4.74 Å². The van der Waals surface area contributed by atoms with Crippen molar-refractivity contribution in [3.63, 3.8) is 0 Å². The standard InChI is InChI=1S/C11H15NO2/c1-7-11(13)10(12-2)8-5-3-4-6-9(8)14-7/h3-7,10-13H,1-2H3/t7-,10-,11-/m0/s1. The van der Waals surface area contributed by atoms with E-state index in [1.54, 1.807) is 0 Å². The van der Waals surface area contributed by atoms with Gasteiger partial charge in [-0.15, -0.1) is 0 Å². The van der Waals surface area contributed by atoms with Crippen molar-refractivity contribution in [2.24, 2.45) is 0 Å². The summed E-state index contributed by atoms with van der Waals surface area (Å²) in [5.41, 5.74) is 1.03. The molecule has 76 valence electrons. The number of benzene rings is 1. The topological polar surface area (TPSA) is 41.5 Å². The molecule has 0 fully saturated rings. The SMILES string of the molecule is CN[C@H]1c2ccccc2O[C@@H](C)[C@@H]1O. The molecule has 0 unspecified atom stereocenters. The van der Waals surface area contributed by atoms with Gasteiger partial charge in [0, 0.05) is 5.56 Å². The van der Waals surface area contributed by atoms with E-state index in [-0.39, 0.29) is 12.1 Å². The molecule has 0 radical (unpaired) electrons. The lowest BCUT2D eigenvalue weighted by Gasteiger charge is -2.34. The smallest absolute Gasteiger partial charge is 0.124 e. The molecule has 0 spiro atoms. The first-order valence-electron chi connectivity index (χ1n) is 4.85. The van der Waals surface area contributed by atoms with Gasteiger partial charge in [-0.3, -0.25) is 0 Å². The van der Waals surface area contributed by atoms with Crippen molar-refractivity contribution < 1.29 is 9.84 Å². The van der Waals surface area contributed by atoms with E-state index in [0.29, 0.717) is 0 Å². The molecule has 0 bridgehead atoms. The predicted molar refractivity (Wildman–Crippen MR) is 54.3 cm³/mol. The Bertz CT molecular complexity index is 327. The number of aliphatic hydroxyl groups excluding tert-OH is 1. The van der Waals surface area contributed by atoms with Gasteiger partial charge in [0.25, 0.3) is 0 Å². The first-order chi connectivity index (χ1) is 6.74. The van der Waals surface area contributed by atoms with Gasteiger partial charge in [0.05, 0.1) is 6.04 Å². The van der Waals surface area contributed by atoms with Gasteiger partial charge in [-0.2, -0.15) is 0 Å². The highest BCUT2D eigenvalue weighted by atomic mass is 16.5. The highest BCUT2D eigenvalue weighted by Gasteiger charge is 2.33. The van der Waals surface area contributed by atoms with Crippen LogP contribution in [0.1, 0.15) is 18.5 Å². The molecule has 0 saturated carbocycles. The number of ether oxygens (including phenoxy) is 1. The summed E-state index contributed by atoms with van der Waals surface area (Å²) in [7, 11) is 1.85. The van der Waals surface area contributed by atoms with Gasteiger partial charge in [-0.05, 0) is 20.0 Å². The summed E-state index contributed by atoms with van der Waals surface area (Å²) in [5, 5.41) is 13.0. The maximum atomic E-state index is 9.90. The Morgan fingerprint density at radius 3 is 2.79 bits per heavy atom. The molecule has 0 aliphatic carbocycles. The van der Waals surface area contributed by atoms with Crippen LogP contribution >= 0.6 is 0 Å². The number of likely N-dealkylation sites (N-methyl/N-ethyl adjacent to an activating group) is 1. The van der Waals surface area contributed by atoms with Crippen LogP contribution in [0.2, 0.25) is 0 Å². The van der Waals surface area contributed by atoms with Crippen LogP contribution in [-0.4, -0.2) is 24.4 Å². The zero-order valence-corrected chi connectivity index (χ0v) is 8.40. The van der Waals surface area contributed by atoms with Gasteiger partial charge in [0.2, 0.25) is 0 Å². The van der Waals surface area contributed by atoms with Crippen molar-refractivity contribution in [2.75, 3.05) is 7.05 Å². The molecule has 1 aliphatic heterocycles. The van der Waals surface area contributed by atoms with Crippen molar-refractivity contribution in [3.05, 3.63) is 29.8 Å². The third-order valence-corrected chi connectivity index (χ3v) is 2.70. The molecule has 1 aliphatic rings. The molecule has 3 atom stereocenters. The average molecular weight is 193 g/mol. The van der Waals surface area contributed by atoms with Crippen molar-refractivity contribution in [1.82, 2.24) is 5.32 Å². The molecule has 2 N–H and O–H groups in total. The Morgan fingerprint density at radius 2 is 2.07 bits per heavy atom. The van der Waals surface area contributed by atoms with Crippen LogP contribution in [0.4, 0.5) is 0 Å². The van der Waals surface area contributed by atoms with Gasteiger partial charge in [-0.25, -0.2) is 0 Å². The fraction of sp³-hybridized carbons (Fsp3) is 0.455. The minimum atomic E-state index is -0.491. The maximum absolute atomic E-state index is 9.90. The van der Waals surface area contributed by atoms with Crippen molar-refractivity contribution in [1.29, 1.82) is 0 Å². The molecular weight excluding hydrogens is 178 g/mol. The maximum Gasteiger partial charge on any atom is 0.124 e. The average Bonchev–Trinajstić information content (AvgIpc) is 2.20. The fourth-order valence-electron chi connectivity index (χ4n) is 1.90. The molecule has 1 aromatic rings. The molecule has 3 nitrogen and oxygen atoms in total. The third-order valence-electron chi connectivity index (χ3n) is 2.70. The molecule has 0 aromatic heterocycles. The lowest BCUT2D eigenvalue weighted by atomic mass is 9.94. The Balaban J connectivity index is 2.42. The van der Waals surface area contributed by atoms with Gasteiger partial charge >= 0.3 is 0 Å². The Kier molecular flexibility index (Phi) is 2.44. The summed E-state index contributed by atoms with van der Waals surface area (Å²) < 4.78 is 5.59. The summed E-state index contributed by atoms with van der Waals surface area (Å²) >= 11 is 0. The normalized spacial score (nSPS) is 30.6. The number of para-hydroxylation sites is 1. The van der Waals surface area contributed by atoms with E-state index >= 15 is 0 Å². The Morgan fingerprint density at radius 1 is 1.36 bits per heavy atom. The van der Waals surface area contributed by atoms with Crippen molar-refractivity contribution in [3.8, 4) is 5.75 Å². The minimum absolute atomic E-state index is 0.0325. The minimum Gasteiger partial charge on any atom is -0.488 e. The lowest BCUT2D eigenvalue weighted by molar-refractivity contribution is 0.00453. The lowest BCUT2D eigenvalue weighted by Crippen LogP contribution is -2.43. The van der Waals surface area contributed by atoms with Gasteiger partial charge in [-0.1, -0.05) is 18.2 Å². The second kappa shape index (κ2) is 3.59. The molecular formula is C11H15NO2. The molecule has 1 heterocycles. The number of aliphatic hydroxyl groups is 1. The van der Waals surface area contributed by atoms with Gasteiger partial charge in [0.1, 0.15) is 18.0 Å². The van der Waals surface area contributed by atoms with Gasteiger partial charge in [0.15, 0.2) is 0 Å². The molecule has 2 rings (SSSR count). The van der Waals surface area contributed by atoms with Crippen LogP contribution < -0.4 is 10.1 Å². The summed E-state index contributed by atoms with van der Waals surface area (Å²) in [6.45, 7) is 1.88. The van der Waals surface area contributed by atoms with E-state index < -0.39 is 6.10 Å². The largest absolute Gasteiger partial charge is 0.488 e. The molecule has 0 saturated heterocycles. The van der Waals surface area contributed by atoms with E-state index in [0.717, 1.165) is 11.3 Å².